The van der Waals surface area contributed by atoms with Crippen LogP contribution in [-0.2, 0) is 0 Å². The van der Waals surface area contributed by atoms with Crippen molar-refractivity contribution >= 4 is 56.7 Å². The lowest BCUT2D eigenvalue weighted by Crippen LogP contribution is -2.13. The third-order valence-electron chi connectivity index (χ3n) is 6.29. The highest BCUT2D eigenvalue weighted by atomic mass is 16.4. The van der Waals surface area contributed by atoms with Crippen LogP contribution in [0.1, 0.15) is 41.4 Å². The summed E-state index contributed by atoms with van der Waals surface area (Å²) in [7, 11) is 0. The molecule has 0 aromatic heterocycles. The maximum Gasteiger partial charge on any atom is 0.335 e. The van der Waals surface area contributed by atoms with Crippen molar-refractivity contribution in [2.24, 2.45) is 0 Å². The third-order valence-corrected chi connectivity index (χ3v) is 6.29. The Morgan fingerprint density at radius 3 is 1.20 bits per heavy atom. The Hall–Kier alpha value is -5.90. The average molecular weight is 536 g/mol. The van der Waals surface area contributed by atoms with Crippen molar-refractivity contribution < 1.29 is 39.6 Å². The van der Waals surface area contributed by atoms with E-state index in [0.29, 0.717) is 32.9 Å². The Morgan fingerprint density at radius 2 is 0.850 bits per heavy atom. The molecular weight excluding hydrogens is 516 g/mol. The molecule has 0 saturated heterocycles. The van der Waals surface area contributed by atoms with Crippen molar-refractivity contribution in [3.63, 3.8) is 0 Å². The number of amides is 2. The molecule has 10 heteroatoms. The minimum absolute atomic E-state index is 0.0456. The fourth-order valence-corrected chi connectivity index (χ4v) is 4.23. The molecule has 0 heterocycles. The number of phenols is 2. The maximum atomic E-state index is 12.8. The summed E-state index contributed by atoms with van der Waals surface area (Å²) in [6.07, 6.45) is 0. The molecule has 0 aliphatic rings. The van der Waals surface area contributed by atoms with Gasteiger partial charge in [0.25, 0.3) is 11.8 Å². The van der Waals surface area contributed by atoms with Crippen molar-refractivity contribution in [2.45, 2.75) is 0 Å². The van der Waals surface area contributed by atoms with Crippen molar-refractivity contribution in [3.8, 4) is 11.5 Å². The van der Waals surface area contributed by atoms with E-state index in [4.69, 9.17) is 0 Å². The zero-order chi connectivity index (χ0) is 28.6. The first kappa shape index (κ1) is 25.7. The molecule has 0 aliphatic heterocycles. The molecular formula is C30H20N2O8. The maximum absolute atomic E-state index is 12.8. The Morgan fingerprint density at radius 1 is 0.475 bits per heavy atom. The standard InChI is InChI=1S/C30H20N2O8/c33-25-13-15-1-3-17(29(37)38)9-19(15)11-23(25)27(35)31-21-5-7-22(8-6-21)32-28(36)24-12-20-10-18(30(39)40)4-2-16(20)14-26(24)34/h1-14,33-34H,(H,31,35)(H,32,36)(H,37,38)(H,39,40). The molecule has 40 heavy (non-hydrogen) atoms. The van der Waals surface area contributed by atoms with Gasteiger partial charge in [0.2, 0.25) is 0 Å². The predicted molar refractivity (Wildman–Crippen MR) is 147 cm³/mol. The molecule has 0 radical (unpaired) electrons. The number of aromatic hydroxyl groups is 2. The van der Waals surface area contributed by atoms with E-state index in [9.17, 15) is 39.6 Å². The van der Waals surface area contributed by atoms with Crippen LogP contribution in [0.5, 0.6) is 11.5 Å². The molecule has 0 fully saturated rings. The first-order chi connectivity index (χ1) is 19.1. The highest BCUT2D eigenvalue weighted by Gasteiger charge is 2.16. The van der Waals surface area contributed by atoms with Crippen LogP contribution in [-0.4, -0.2) is 44.2 Å². The average Bonchev–Trinajstić information content (AvgIpc) is 2.92. The summed E-state index contributed by atoms with van der Waals surface area (Å²) in [6, 6.07) is 20.3. The number of hydrogen-bond acceptors (Lipinski definition) is 6. The molecule has 10 nitrogen and oxygen atoms in total. The molecule has 5 aromatic rings. The van der Waals surface area contributed by atoms with E-state index in [-0.39, 0.29) is 33.8 Å². The first-order valence-corrected chi connectivity index (χ1v) is 11.8. The third kappa shape index (κ3) is 5.09. The van der Waals surface area contributed by atoms with Crippen LogP contribution in [0.25, 0.3) is 21.5 Å². The summed E-state index contributed by atoms with van der Waals surface area (Å²) in [5.41, 5.74) is 0.706. The minimum atomic E-state index is -1.11. The van der Waals surface area contributed by atoms with Gasteiger partial charge in [-0.1, -0.05) is 12.1 Å². The van der Waals surface area contributed by atoms with Crippen LogP contribution < -0.4 is 10.6 Å². The quantitative estimate of drug-likeness (QED) is 0.169. The molecule has 0 bridgehead atoms. The second-order valence-electron chi connectivity index (χ2n) is 8.96. The number of carbonyl (C=O) groups excluding carboxylic acids is 2. The van der Waals surface area contributed by atoms with Crippen LogP contribution in [0, 0.1) is 0 Å². The number of hydrogen-bond donors (Lipinski definition) is 6. The zero-order valence-corrected chi connectivity index (χ0v) is 20.5. The minimum Gasteiger partial charge on any atom is -0.507 e. The van der Waals surface area contributed by atoms with E-state index in [1.54, 1.807) is 0 Å². The number of nitrogens with one attached hydrogen (secondary N) is 2. The van der Waals surface area contributed by atoms with E-state index in [1.165, 1.54) is 84.9 Å². The van der Waals surface area contributed by atoms with Crippen LogP contribution in [0.15, 0.2) is 84.9 Å². The van der Waals surface area contributed by atoms with Crippen LogP contribution in [0.3, 0.4) is 0 Å². The van der Waals surface area contributed by atoms with Crippen LogP contribution >= 0.6 is 0 Å². The van der Waals surface area contributed by atoms with Gasteiger partial charge in [-0.3, -0.25) is 9.59 Å². The molecule has 0 unspecified atom stereocenters. The van der Waals surface area contributed by atoms with Gasteiger partial charge in [-0.15, -0.1) is 0 Å². The highest BCUT2D eigenvalue weighted by Crippen LogP contribution is 2.29. The molecule has 198 valence electrons. The lowest BCUT2D eigenvalue weighted by molar-refractivity contribution is 0.0686. The molecule has 6 N–H and O–H groups in total. The van der Waals surface area contributed by atoms with Crippen molar-refractivity contribution in [2.75, 3.05) is 10.6 Å². The SMILES string of the molecule is O=C(O)c1ccc2cc(O)c(C(=O)Nc3ccc(NC(=O)c4cc5cc(C(=O)O)ccc5cc4O)cc3)cc2c1. The lowest BCUT2D eigenvalue weighted by Gasteiger charge is -2.11. The Bertz CT molecular complexity index is 1730. The van der Waals surface area contributed by atoms with E-state index in [2.05, 4.69) is 10.6 Å². The molecule has 2 amide bonds. The van der Waals surface area contributed by atoms with Crippen molar-refractivity contribution in [3.05, 3.63) is 107 Å². The molecule has 0 atom stereocenters. The Kier molecular flexibility index (Phi) is 6.50. The van der Waals surface area contributed by atoms with E-state index >= 15 is 0 Å². The Balaban J connectivity index is 1.32. The van der Waals surface area contributed by atoms with E-state index in [1.807, 2.05) is 0 Å². The molecule has 0 spiro atoms. The number of phenolic OH excluding ortho intramolecular Hbond substituents is 2. The second kappa shape index (κ2) is 10.1. The number of rotatable bonds is 6. The summed E-state index contributed by atoms with van der Waals surface area (Å²) in [5, 5.41) is 46.5. The summed E-state index contributed by atoms with van der Waals surface area (Å²) in [5.74, 6) is -4.03. The monoisotopic (exact) mass is 536 g/mol. The van der Waals surface area contributed by atoms with Gasteiger partial charge < -0.3 is 31.1 Å². The number of benzene rings is 5. The van der Waals surface area contributed by atoms with Crippen LogP contribution in [0.2, 0.25) is 0 Å². The topological polar surface area (TPSA) is 173 Å². The fourth-order valence-electron chi connectivity index (χ4n) is 4.23. The number of carboxylic acid groups (broad SMARTS) is 2. The summed E-state index contributed by atoms with van der Waals surface area (Å²) >= 11 is 0. The Labute approximate surface area is 225 Å². The van der Waals surface area contributed by atoms with Crippen molar-refractivity contribution in [1.82, 2.24) is 0 Å². The molecule has 5 rings (SSSR count). The largest absolute Gasteiger partial charge is 0.507 e. The van der Waals surface area contributed by atoms with Gasteiger partial charge in [0.15, 0.2) is 0 Å². The van der Waals surface area contributed by atoms with Gasteiger partial charge in [-0.25, -0.2) is 9.59 Å². The van der Waals surface area contributed by atoms with Gasteiger partial charge in [0.1, 0.15) is 11.5 Å². The highest BCUT2D eigenvalue weighted by molar-refractivity contribution is 6.10. The molecule has 5 aromatic carbocycles. The summed E-state index contributed by atoms with van der Waals surface area (Å²) < 4.78 is 0. The fraction of sp³-hybridized carbons (Fsp3) is 0. The molecule has 0 saturated carbocycles. The van der Waals surface area contributed by atoms with Gasteiger partial charge in [-0.2, -0.15) is 0 Å². The number of carbonyl (C=O) groups is 4. The summed E-state index contributed by atoms with van der Waals surface area (Å²) in [6.45, 7) is 0. The van der Waals surface area contributed by atoms with Crippen molar-refractivity contribution in [1.29, 1.82) is 0 Å². The number of carboxylic acids is 2. The smallest absolute Gasteiger partial charge is 0.335 e. The number of aromatic carboxylic acids is 2. The van der Waals surface area contributed by atoms with E-state index < -0.39 is 23.8 Å². The summed E-state index contributed by atoms with van der Waals surface area (Å²) in [4.78, 5) is 48.2. The predicted octanol–water partition coefficient (Wildman–Crippen LogP) is 5.31. The first-order valence-electron chi connectivity index (χ1n) is 11.8. The van der Waals surface area contributed by atoms with Crippen LogP contribution in [0.4, 0.5) is 11.4 Å². The number of fused-ring (bicyclic) bond motifs is 2. The van der Waals surface area contributed by atoms with Gasteiger partial charge in [-0.05, 0) is 94.3 Å². The zero-order valence-electron chi connectivity index (χ0n) is 20.5. The van der Waals surface area contributed by atoms with E-state index in [0.717, 1.165) is 0 Å². The van der Waals surface area contributed by atoms with Gasteiger partial charge in [0, 0.05) is 11.4 Å². The second-order valence-corrected chi connectivity index (χ2v) is 8.96. The normalized spacial score (nSPS) is 10.8. The van der Waals surface area contributed by atoms with Gasteiger partial charge >= 0.3 is 11.9 Å². The molecule has 0 aliphatic carbocycles. The lowest BCUT2D eigenvalue weighted by atomic mass is 10.0. The van der Waals surface area contributed by atoms with Gasteiger partial charge in [0.05, 0.1) is 22.3 Å². The number of anilines is 2.